The van der Waals surface area contributed by atoms with E-state index in [1.807, 2.05) is 37.3 Å². The van der Waals surface area contributed by atoms with Gasteiger partial charge >= 0.3 is 5.97 Å². The zero-order valence-electron chi connectivity index (χ0n) is 15.7. The lowest BCUT2D eigenvalue weighted by Gasteiger charge is -2.25. The molecule has 0 saturated carbocycles. The molecule has 1 fully saturated rings. The van der Waals surface area contributed by atoms with Gasteiger partial charge < -0.3 is 15.0 Å². The van der Waals surface area contributed by atoms with Crippen LogP contribution in [0.15, 0.2) is 48.5 Å². The van der Waals surface area contributed by atoms with Crippen molar-refractivity contribution in [3.05, 3.63) is 64.9 Å². The molecule has 1 saturated heterocycles. The fourth-order valence-corrected chi connectivity index (χ4v) is 3.37. The van der Waals surface area contributed by atoms with Crippen LogP contribution in [0.4, 0.5) is 10.1 Å². The van der Waals surface area contributed by atoms with E-state index in [0.717, 1.165) is 11.6 Å². The largest absolute Gasteiger partial charge is 0.455 e. The van der Waals surface area contributed by atoms with E-state index < -0.39 is 30.2 Å². The second kappa shape index (κ2) is 9.05. The van der Waals surface area contributed by atoms with Crippen LogP contribution in [0.5, 0.6) is 0 Å². The smallest absolute Gasteiger partial charge is 0.311 e. The summed E-state index contributed by atoms with van der Waals surface area (Å²) in [5, 5.41) is 2.51. The number of likely N-dealkylation sites (tertiary alicyclic amines) is 1. The van der Waals surface area contributed by atoms with Gasteiger partial charge in [-0.15, -0.1) is 0 Å². The summed E-state index contributed by atoms with van der Waals surface area (Å²) in [4.78, 5) is 38.2. The minimum Gasteiger partial charge on any atom is -0.455 e. The Morgan fingerprint density at radius 2 is 2.00 bits per heavy atom. The van der Waals surface area contributed by atoms with E-state index in [1.165, 1.54) is 12.1 Å². The third-order valence-electron chi connectivity index (χ3n) is 4.79. The van der Waals surface area contributed by atoms with Crippen LogP contribution in [-0.4, -0.2) is 35.8 Å². The highest BCUT2D eigenvalue weighted by atomic mass is 35.5. The number of carbonyl (C=O) groups is 3. The van der Waals surface area contributed by atoms with Crippen molar-refractivity contribution in [2.45, 2.75) is 19.4 Å². The van der Waals surface area contributed by atoms with Crippen molar-refractivity contribution in [2.24, 2.45) is 5.92 Å². The van der Waals surface area contributed by atoms with E-state index in [-0.39, 0.29) is 35.6 Å². The highest BCUT2D eigenvalue weighted by molar-refractivity contribution is 6.30. The first-order chi connectivity index (χ1) is 13.8. The van der Waals surface area contributed by atoms with Crippen LogP contribution >= 0.6 is 11.6 Å². The van der Waals surface area contributed by atoms with Crippen molar-refractivity contribution in [2.75, 3.05) is 18.5 Å². The van der Waals surface area contributed by atoms with Crippen molar-refractivity contribution in [3.63, 3.8) is 0 Å². The van der Waals surface area contributed by atoms with Gasteiger partial charge in [-0.25, -0.2) is 4.39 Å². The van der Waals surface area contributed by atoms with Gasteiger partial charge in [0.2, 0.25) is 5.91 Å². The van der Waals surface area contributed by atoms with Gasteiger partial charge in [-0.3, -0.25) is 14.4 Å². The average molecular weight is 419 g/mol. The van der Waals surface area contributed by atoms with Gasteiger partial charge in [0.1, 0.15) is 5.82 Å². The molecule has 2 aromatic carbocycles. The molecule has 2 atom stereocenters. The molecule has 1 aliphatic heterocycles. The molecular formula is C21H20ClFN2O4. The molecule has 0 aromatic heterocycles. The molecule has 1 N–H and O–H groups in total. The van der Waals surface area contributed by atoms with Crippen LogP contribution in [-0.2, 0) is 19.1 Å². The van der Waals surface area contributed by atoms with Crippen molar-refractivity contribution in [1.82, 2.24) is 4.90 Å². The number of carbonyl (C=O) groups excluding carboxylic acids is 3. The first-order valence-corrected chi connectivity index (χ1v) is 9.49. The number of nitrogens with one attached hydrogen (secondary N) is 1. The van der Waals surface area contributed by atoms with Gasteiger partial charge in [-0.2, -0.15) is 0 Å². The summed E-state index contributed by atoms with van der Waals surface area (Å²) in [7, 11) is 0. The van der Waals surface area contributed by atoms with Crippen LogP contribution < -0.4 is 5.32 Å². The Balaban J connectivity index is 1.52. The number of amides is 2. The Hall–Kier alpha value is -2.93. The summed E-state index contributed by atoms with van der Waals surface area (Å²) in [6, 6.07) is 13.2. The minimum absolute atomic E-state index is 0.0312. The molecule has 29 heavy (non-hydrogen) atoms. The van der Waals surface area contributed by atoms with Crippen molar-refractivity contribution in [3.8, 4) is 0 Å². The third kappa shape index (κ3) is 5.12. The summed E-state index contributed by atoms with van der Waals surface area (Å²) in [6.45, 7) is 1.55. The summed E-state index contributed by atoms with van der Waals surface area (Å²) >= 11 is 5.66. The Bertz CT molecular complexity index is 922. The van der Waals surface area contributed by atoms with Crippen molar-refractivity contribution in [1.29, 1.82) is 0 Å². The first kappa shape index (κ1) is 20.8. The quantitative estimate of drug-likeness (QED) is 0.728. The zero-order valence-corrected chi connectivity index (χ0v) is 16.5. The molecule has 1 heterocycles. The summed E-state index contributed by atoms with van der Waals surface area (Å²) in [5.74, 6) is -2.79. The fourth-order valence-electron chi connectivity index (χ4n) is 3.21. The number of benzene rings is 2. The number of halogens is 2. The second-order valence-corrected chi connectivity index (χ2v) is 7.25. The van der Waals surface area contributed by atoms with Gasteiger partial charge in [-0.05, 0) is 30.7 Å². The van der Waals surface area contributed by atoms with Crippen LogP contribution in [0.25, 0.3) is 0 Å². The number of nitrogens with zero attached hydrogens (tertiary/aromatic N) is 1. The van der Waals surface area contributed by atoms with E-state index in [2.05, 4.69) is 5.32 Å². The number of hydrogen-bond donors (Lipinski definition) is 1. The van der Waals surface area contributed by atoms with E-state index in [4.69, 9.17) is 16.3 Å². The Kier molecular flexibility index (Phi) is 6.49. The second-order valence-electron chi connectivity index (χ2n) is 6.81. The van der Waals surface area contributed by atoms with E-state index >= 15 is 0 Å². The number of esters is 1. The van der Waals surface area contributed by atoms with Gasteiger partial charge in [0.05, 0.1) is 17.6 Å². The molecule has 3 rings (SSSR count). The van der Waals surface area contributed by atoms with E-state index in [9.17, 15) is 18.8 Å². The number of ether oxygens (including phenoxy) is 1. The maximum absolute atomic E-state index is 13.7. The van der Waals surface area contributed by atoms with Crippen LogP contribution in [0.2, 0.25) is 5.02 Å². The normalized spacial score (nSPS) is 17.1. The molecule has 2 aromatic rings. The Labute approximate surface area is 172 Å². The SMILES string of the molecule is C[C@H](c1ccccc1)N1C[C@@H](C(=O)OCC(=O)Nc2ccc(Cl)cc2F)CC1=O. The van der Waals surface area contributed by atoms with Gasteiger partial charge in [0, 0.05) is 18.0 Å². The highest BCUT2D eigenvalue weighted by Crippen LogP contribution is 2.29. The molecular weight excluding hydrogens is 399 g/mol. The van der Waals surface area contributed by atoms with Gasteiger partial charge in [-0.1, -0.05) is 41.9 Å². The third-order valence-corrected chi connectivity index (χ3v) is 5.03. The fraction of sp³-hybridized carbons (Fsp3) is 0.286. The molecule has 0 bridgehead atoms. The van der Waals surface area contributed by atoms with Crippen molar-refractivity contribution >= 4 is 35.1 Å². The van der Waals surface area contributed by atoms with E-state index in [1.54, 1.807) is 4.90 Å². The van der Waals surface area contributed by atoms with Gasteiger partial charge in [0.15, 0.2) is 6.61 Å². The van der Waals surface area contributed by atoms with Crippen LogP contribution in [0, 0.1) is 11.7 Å². The molecule has 152 valence electrons. The number of rotatable bonds is 6. The summed E-state index contributed by atoms with van der Waals surface area (Å²) in [6.07, 6.45) is 0.0312. The molecule has 8 heteroatoms. The maximum Gasteiger partial charge on any atom is 0.311 e. The monoisotopic (exact) mass is 418 g/mol. The molecule has 0 spiro atoms. The molecule has 2 amide bonds. The average Bonchev–Trinajstić information content (AvgIpc) is 3.10. The molecule has 0 unspecified atom stereocenters. The van der Waals surface area contributed by atoms with Gasteiger partial charge in [0.25, 0.3) is 5.91 Å². The molecule has 6 nitrogen and oxygen atoms in total. The highest BCUT2D eigenvalue weighted by Gasteiger charge is 2.38. The maximum atomic E-state index is 13.7. The summed E-state index contributed by atoms with van der Waals surface area (Å²) in [5.41, 5.74) is 0.911. The predicted octanol–water partition coefficient (Wildman–Crippen LogP) is 3.57. The Morgan fingerprint density at radius 1 is 1.28 bits per heavy atom. The van der Waals surface area contributed by atoms with E-state index in [0.29, 0.717) is 0 Å². The standard InChI is InChI=1S/C21H20ClFN2O4/c1-13(14-5-3-2-4-6-14)25-11-15(9-20(25)27)21(28)29-12-19(26)24-18-8-7-16(22)10-17(18)23/h2-8,10,13,15H,9,11-12H2,1H3,(H,24,26)/t13-,15+/m1/s1. The lowest BCUT2D eigenvalue weighted by atomic mass is 10.1. The number of anilines is 1. The molecule has 0 aliphatic carbocycles. The lowest BCUT2D eigenvalue weighted by molar-refractivity contribution is -0.151. The molecule has 1 aliphatic rings. The topological polar surface area (TPSA) is 75.7 Å². The minimum atomic E-state index is -0.691. The lowest BCUT2D eigenvalue weighted by Crippen LogP contribution is -2.30. The van der Waals surface area contributed by atoms with Crippen molar-refractivity contribution < 1.29 is 23.5 Å². The Morgan fingerprint density at radius 3 is 2.69 bits per heavy atom. The predicted molar refractivity (Wildman–Crippen MR) is 106 cm³/mol. The number of hydrogen-bond acceptors (Lipinski definition) is 4. The molecule has 0 radical (unpaired) electrons. The summed E-state index contributed by atoms with van der Waals surface area (Å²) < 4.78 is 18.7. The van der Waals surface area contributed by atoms with Crippen LogP contribution in [0.3, 0.4) is 0 Å². The first-order valence-electron chi connectivity index (χ1n) is 9.11. The van der Waals surface area contributed by atoms with Crippen LogP contribution in [0.1, 0.15) is 24.9 Å². The zero-order chi connectivity index (χ0) is 21.0.